The molecule has 1 aliphatic carbocycles. The number of carbonyl (C=O) groups excluding carboxylic acids is 1. The zero-order chi connectivity index (χ0) is 11.5. The van der Waals surface area contributed by atoms with E-state index < -0.39 is 6.04 Å². The smallest absolute Gasteiger partial charge is 0.327 e. The van der Waals surface area contributed by atoms with Crippen molar-refractivity contribution in [3.8, 4) is 0 Å². The van der Waals surface area contributed by atoms with E-state index in [0.717, 1.165) is 18.4 Å². The van der Waals surface area contributed by atoms with Gasteiger partial charge in [-0.15, -0.1) is 0 Å². The van der Waals surface area contributed by atoms with Crippen LogP contribution in [0.4, 0.5) is 0 Å². The van der Waals surface area contributed by atoms with Crippen LogP contribution in [0.2, 0.25) is 0 Å². The predicted molar refractivity (Wildman–Crippen MR) is 62.0 cm³/mol. The van der Waals surface area contributed by atoms with Gasteiger partial charge in [-0.05, 0) is 42.4 Å². The first-order valence-electron chi connectivity index (χ1n) is 5.67. The Morgan fingerprint density at radius 1 is 1.31 bits per heavy atom. The SMILES string of the molecule is COC(=O)C(N)c1ccc2c(c1)CCCC2. The summed E-state index contributed by atoms with van der Waals surface area (Å²) >= 11 is 0. The Balaban J connectivity index is 2.26. The lowest BCUT2D eigenvalue weighted by atomic mass is 9.89. The molecule has 0 saturated heterocycles. The van der Waals surface area contributed by atoms with Crippen molar-refractivity contribution < 1.29 is 9.53 Å². The zero-order valence-corrected chi connectivity index (χ0v) is 9.53. The molecule has 0 radical (unpaired) electrons. The first kappa shape index (κ1) is 11.1. The Hall–Kier alpha value is -1.35. The molecule has 0 aliphatic heterocycles. The van der Waals surface area contributed by atoms with Gasteiger partial charge in [-0.3, -0.25) is 4.79 Å². The molecular weight excluding hydrogens is 202 g/mol. The lowest BCUT2D eigenvalue weighted by Crippen LogP contribution is -2.23. The van der Waals surface area contributed by atoms with Gasteiger partial charge in [-0.25, -0.2) is 0 Å². The van der Waals surface area contributed by atoms with E-state index in [4.69, 9.17) is 5.73 Å². The van der Waals surface area contributed by atoms with Gasteiger partial charge in [-0.2, -0.15) is 0 Å². The number of fused-ring (bicyclic) bond motifs is 1. The van der Waals surface area contributed by atoms with Crippen LogP contribution >= 0.6 is 0 Å². The quantitative estimate of drug-likeness (QED) is 0.771. The molecule has 0 spiro atoms. The molecular formula is C13H17NO2. The highest BCUT2D eigenvalue weighted by atomic mass is 16.5. The van der Waals surface area contributed by atoms with Gasteiger partial charge in [0.15, 0.2) is 0 Å². The third-order valence-electron chi connectivity index (χ3n) is 3.19. The number of ether oxygens (including phenoxy) is 1. The molecule has 1 atom stereocenters. The van der Waals surface area contributed by atoms with Crippen LogP contribution in [-0.2, 0) is 22.4 Å². The summed E-state index contributed by atoms with van der Waals surface area (Å²) in [6.07, 6.45) is 4.72. The normalized spacial score (nSPS) is 16.4. The van der Waals surface area contributed by atoms with Gasteiger partial charge in [-0.1, -0.05) is 18.2 Å². The van der Waals surface area contributed by atoms with Crippen molar-refractivity contribution in [1.29, 1.82) is 0 Å². The molecule has 16 heavy (non-hydrogen) atoms. The van der Waals surface area contributed by atoms with E-state index >= 15 is 0 Å². The number of rotatable bonds is 2. The highest BCUT2D eigenvalue weighted by Gasteiger charge is 2.18. The van der Waals surface area contributed by atoms with Crippen LogP contribution in [0.5, 0.6) is 0 Å². The fraction of sp³-hybridized carbons (Fsp3) is 0.462. The average molecular weight is 219 g/mol. The molecule has 86 valence electrons. The highest BCUT2D eigenvalue weighted by Crippen LogP contribution is 2.24. The van der Waals surface area contributed by atoms with Gasteiger partial charge >= 0.3 is 5.97 Å². The topological polar surface area (TPSA) is 52.3 Å². The van der Waals surface area contributed by atoms with Crippen molar-refractivity contribution in [3.05, 3.63) is 34.9 Å². The maximum absolute atomic E-state index is 11.3. The van der Waals surface area contributed by atoms with Crippen molar-refractivity contribution in [2.45, 2.75) is 31.7 Å². The molecule has 0 saturated carbocycles. The van der Waals surface area contributed by atoms with Gasteiger partial charge in [0.1, 0.15) is 6.04 Å². The fourth-order valence-corrected chi connectivity index (χ4v) is 2.21. The lowest BCUT2D eigenvalue weighted by molar-refractivity contribution is -0.142. The first-order chi connectivity index (χ1) is 7.72. The van der Waals surface area contributed by atoms with Crippen LogP contribution in [0.25, 0.3) is 0 Å². The molecule has 0 heterocycles. The Labute approximate surface area is 95.6 Å². The molecule has 0 amide bonds. The summed E-state index contributed by atoms with van der Waals surface area (Å²) in [6.45, 7) is 0. The highest BCUT2D eigenvalue weighted by molar-refractivity contribution is 5.77. The van der Waals surface area contributed by atoms with Crippen molar-refractivity contribution in [2.24, 2.45) is 5.73 Å². The van der Waals surface area contributed by atoms with Gasteiger partial charge in [0.25, 0.3) is 0 Å². The minimum atomic E-state index is -0.655. The Kier molecular flexibility index (Phi) is 3.25. The van der Waals surface area contributed by atoms with E-state index in [1.54, 1.807) is 0 Å². The molecule has 1 aromatic carbocycles. The van der Waals surface area contributed by atoms with E-state index in [2.05, 4.69) is 16.9 Å². The molecule has 1 unspecified atom stereocenters. The molecule has 0 bridgehead atoms. The van der Waals surface area contributed by atoms with Gasteiger partial charge < -0.3 is 10.5 Å². The number of hydrogen-bond acceptors (Lipinski definition) is 3. The standard InChI is InChI=1S/C13H17NO2/c1-16-13(15)12(14)11-7-6-9-4-2-3-5-10(9)8-11/h6-8,12H,2-5,14H2,1H3. The summed E-state index contributed by atoms with van der Waals surface area (Å²) in [7, 11) is 1.36. The van der Waals surface area contributed by atoms with Crippen molar-refractivity contribution in [1.82, 2.24) is 0 Å². The molecule has 3 heteroatoms. The third-order valence-corrected chi connectivity index (χ3v) is 3.19. The van der Waals surface area contributed by atoms with Crippen LogP contribution in [0.15, 0.2) is 18.2 Å². The Bertz CT molecular complexity index is 401. The second-order valence-corrected chi connectivity index (χ2v) is 4.24. The van der Waals surface area contributed by atoms with Gasteiger partial charge in [0.2, 0.25) is 0 Å². The monoisotopic (exact) mass is 219 g/mol. The first-order valence-corrected chi connectivity index (χ1v) is 5.67. The summed E-state index contributed by atoms with van der Waals surface area (Å²) in [5.74, 6) is -0.379. The average Bonchev–Trinajstić information content (AvgIpc) is 2.36. The number of aryl methyl sites for hydroxylation is 2. The van der Waals surface area contributed by atoms with Crippen molar-refractivity contribution in [2.75, 3.05) is 7.11 Å². The third kappa shape index (κ3) is 2.09. The maximum atomic E-state index is 11.3. The summed E-state index contributed by atoms with van der Waals surface area (Å²) < 4.78 is 4.65. The summed E-state index contributed by atoms with van der Waals surface area (Å²) in [5.41, 5.74) is 9.39. The number of methoxy groups -OCH3 is 1. The Morgan fingerprint density at radius 3 is 2.69 bits per heavy atom. The number of benzene rings is 1. The number of nitrogens with two attached hydrogens (primary N) is 1. The fourth-order valence-electron chi connectivity index (χ4n) is 2.21. The second-order valence-electron chi connectivity index (χ2n) is 4.24. The molecule has 0 fully saturated rings. The van der Waals surface area contributed by atoms with Crippen LogP contribution in [0.3, 0.4) is 0 Å². The Morgan fingerprint density at radius 2 is 2.00 bits per heavy atom. The van der Waals surface area contributed by atoms with Crippen LogP contribution in [-0.4, -0.2) is 13.1 Å². The van der Waals surface area contributed by atoms with Gasteiger partial charge in [0, 0.05) is 0 Å². The van der Waals surface area contributed by atoms with E-state index in [-0.39, 0.29) is 5.97 Å². The zero-order valence-electron chi connectivity index (χ0n) is 9.53. The number of esters is 1. The van der Waals surface area contributed by atoms with Crippen molar-refractivity contribution in [3.63, 3.8) is 0 Å². The van der Waals surface area contributed by atoms with Crippen LogP contribution in [0.1, 0.15) is 35.6 Å². The molecule has 1 aromatic rings. The van der Waals surface area contributed by atoms with E-state index in [1.807, 2.05) is 6.07 Å². The minimum absolute atomic E-state index is 0.379. The molecule has 1 aliphatic rings. The number of carbonyl (C=O) groups is 1. The largest absolute Gasteiger partial charge is 0.468 e. The number of hydrogen-bond donors (Lipinski definition) is 1. The predicted octanol–water partition coefficient (Wildman–Crippen LogP) is 1.74. The van der Waals surface area contributed by atoms with Crippen molar-refractivity contribution >= 4 is 5.97 Å². The van der Waals surface area contributed by atoms with E-state index in [9.17, 15) is 4.79 Å². The maximum Gasteiger partial charge on any atom is 0.327 e. The lowest BCUT2D eigenvalue weighted by Gasteiger charge is -2.18. The van der Waals surface area contributed by atoms with Gasteiger partial charge in [0.05, 0.1) is 7.11 Å². The molecule has 0 aromatic heterocycles. The second kappa shape index (κ2) is 4.66. The van der Waals surface area contributed by atoms with Crippen LogP contribution in [0, 0.1) is 0 Å². The molecule has 3 nitrogen and oxygen atoms in total. The van der Waals surface area contributed by atoms with Crippen LogP contribution < -0.4 is 5.73 Å². The molecule has 2 N–H and O–H groups in total. The van der Waals surface area contributed by atoms with E-state index in [1.165, 1.54) is 31.1 Å². The minimum Gasteiger partial charge on any atom is -0.468 e. The summed E-state index contributed by atoms with van der Waals surface area (Å²) in [6, 6.07) is 5.42. The van der Waals surface area contributed by atoms with E-state index in [0.29, 0.717) is 0 Å². The summed E-state index contributed by atoms with van der Waals surface area (Å²) in [5, 5.41) is 0. The summed E-state index contributed by atoms with van der Waals surface area (Å²) in [4.78, 5) is 11.3. The molecule has 2 rings (SSSR count).